The summed E-state index contributed by atoms with van der Waals surface area (Å²) in [4.78, 5) is 40.7. The maximum atomic E-state index is 13.7. The van der Waals surface area contributed by atoms with Crippen LogP contribution in [0.1, 0.15) is 42.9 Å². The van der Waals surface area contributed by atoms with Crippen molar-refractivity contribution in [3.8, 4) is 11.1 Å². The van der Waals surface area contributed by atoms with Gasteiger partial charge in [-0.15, -0.1) is 0 Å². The largest absolute Gasteiger partial charge is 0.480 e. The summed E-state index contributed by atoms with van der Waals surface area (Å²) in [5.41, 5.74) is 4.72. The van der Waals surface area contributed by atoms with Crippen LogP contribution in [0, 0.1) is 5.92 Å². The van der Waals surface area contributed by atoms with Gasteiger partial charge in [-0.05, 0) is 57.0 Å². The Bertz CT molecular complexity index is 1810. The van der Waals surface area contributed by atoms with E-state index in [0.29, 0.717) is 13.0 Å². The fourth-order valence-electron chi connectivity index (χ4n) is 5.90. The highest BCUT2D eigenvalue weighted by Gasteiger charge is 2.33. The van der Waals surface area contributed by atoms with Crippen LogP contribution >= 0.6 is 0 Å². The van der Waals surface area contributed by atoms with Crippen molar-refractivity contribution in [2.45, 2.75) is 45.3 Å². The molecule has 0 saturated carbocycles. The lowest BCUT2D eigenvalue weighted by molar-refractivity contribution is -0.145. The van der Waals surface area contributed by atoms with Crippen LogP contribution in [-0.4, -0.2) is 47.1 Å². The number of benzene rings is 5. The molecular weight excluding hydrogens is 600 g/mol. The number of rotatable bonds is 14. The maximum Gasteiger partial charge on any atom is 0.326 e. The van der Waals surface area contributed by atoms with Crippen molar-refractivity contribution in [2.75, 3.05) is 13.1 Å². The van der Waals surface area contributed by atoms with Gasteiger partial charge in [-0.1, -0.05) is 135 Å². The first kappa shape index (κ1) is 33.9. The van der Waals surface area contributed by atoms with Gasteiger partial charge in [0, 0.05) is 19.0 Å². The van der Waals surface area contributed by atoms with Gasteiger partial charge in [0.15, 0.2) is 0 Å². The molecule has 5 aromatic rings. The summed E-state index contributed by atoms with van der Waals surface area (Å²) in [7, 11) is 0. The second-order valence-corrected chi connectivity index (χ2v) is 12.5. The Hall–Kier alpha value is -5.43. The molecule has 0 bridgehead atoms. The quantitative estimate of drug-likeness (QED) is 0.119. The first-order chi connectivity index (χ1) is 23.3. The molecule has 7 nitrogen and oxygen atoms in total. The monoisotopic (exact) mass is 642 g/mol. The molecule has 2 atom stereocenters. The van der Waals surface area contributed by atoms with Crippen LogP contribution in [0.25, 0.3) is 21.9 Å². The molecule has 2 amide bonds. The number of carboxylic acids is 1. The molecule has 0 saturated heterocycles. The Balaban J connectivity index is 1.34. The lowest BCUT2D eigenvalue weighted by Crippen LogP contribution is -2.52. The summed E-state index contributed by atoms with van der Waals surface area (Å²) in [6.07, 6.45) is 0.401. The summed E-state index contributed by atoms with van der Waals surface area (Å²) < 4.78 is 5.42. The molecule has 1 unspecified atom stereocenters. The third-order valence-corrected chi connectivity index (χ3v) is 8.37. The van der Waals surface area contributed by atoms with E-state index in [1.807, 2.05) is 111 Å². The summed E-state index contributed by atoms with van der Waals surface area (Å²) in [5, 5.41) is 15.6. The van der Waals surface area contributed by atoms with Crippen LogP contribution in [0.5, 0.6) is 0 Å². The molecule has 0 radical (unpaired) electrons. The zero-order valence-corrected chi connectivity index (χ0v) is 27.4. The van der Waals surface area contributed by atoms with E-state index in [2.05, 4.69) is 35.6 Å². The van der Waals surface area contributed by atoms with Gasteiger partial charge in [0.25, 0.3) is 0 Å². The predicted molar refractivity (Wildman–Crippen MR) is 189 cm³/mol. The number of nitrogens with one attached hydrogen (secondary N) is 1. The normalized spacial score (nSPS) is 12.3. The summed E-state index contributed by atoms with van der Waals surface area (Å²) in [6, 6.07) is 39.8. The first-order valence-corrected chi connectivity index (χ1v) is 16.4. The predicted octanol–water partition coefficient (Wildman–Crippen LogP) is 8.09. The second kappa shape index (κ2) is 16.4. The number of carbonyl (C=O) groups excluding carboxylic acids is 2. The van der Waals surface area contributed by atoms with Crippen molar-refractivity contribution in [1.82, 2.24) is 10.2 Å². The number of carboxylic acid groups (broad SMARTS) is 1. The van der Waals surface area contributed by atoms with Gasteiger partial charge in [-0.2, -0.15) is 0 Å². The van der Waals surface area contributed by atoms with Gasteiger partial charge < -0.3 is 20.1 Å². The Labute approximate surface area is 282 Å². The van der Waals surface area contributed by atoms with E-state index >= 15 is 0 Å². The van der Waals surface area contributed by atoms with Crippen LogP contribution in [0.15, 0.2) is 127 Å². The van der Waals surface area contributed by atoms with Crippen LogP contribution in [0.2, 0.25) is 0 Å². The average Bonchev–Trinajstić information content (AvgIpc) is 3.11. The number of urea groups is 1. The molecule has 5 aromatic carbocycles. The minimum atomic E-state index is -1.22. The standard InChI is InChI=1S/C41H42N2O5/c1-29(2)27-43(24-23-38(44)48-28-31-13-7-4-8-14-31)41(47)42-39(40(45)46)37(25-30-11-5-3-6-12-30)34-20-17-33(18-21-34)36-22-19-32-15-9-10-16-35(32)26-36/h3-22,26,29,37,39H,23-25,27-28H2,1-2H3,(H,42,47)(H,45,46)/t37?,39-/m0/s1. The number of amides is 2. The molecule has 0 aliphatic carbocycles. The third kappa shape index (κ3) is 9.32. The molecule has 0 aromatic heterocycles. The fourth-order valence-corrected chi connectivity index (χ4v) is 5.90. The van der Waals surface area contributed by atoms with E-state index in [1.54, 1.807) is 0 Å². The molecule has 0 spiro atoms. The van der Waals surface area contributed by atoms with Crippen molar-refractivity contribution < 1.29 is 24.2 Å². The number of aliphatic carboxylic acids is 1. The Morgan fingerprint density at radius 2 is 1.33 bits per heavy atom. The highest BCUT2D eigenvalue weighted by atomic mass is 16.5. The molecule has 0 heterocycles. The molecule has 2 N–H and O–H groups in total. The van der Waals surface area contributed by atoms with Gasteiger partial charge in [-0.3, -0.25) is 4.79 Å². The summed E-state index contributed by atoms with van der Waals surface area (Å²) in [5.74, 6) is -2.02. The summed E-state index contributed by atoms with van der Waals surface area (Å²) >= 11 is 0. The SMILES string of the molecule is CC(C)CN(CCC(=O)OCc1ccccc1)C(=O)N[C@H](C(=O)O)C(Cc1ccccc1)c1ccc(-c2ccc3ccccc3c2)cc1. The van der Waals surface area contributed by atoms with E-state index < -0.39 is 29.9 Å². The zero-order valence-electron chi connectivity index (χ0n) is 27.4. The lowest BCUT2D eigenvalue weighted by atomic mass is 9.85. The number of hydrogen-bond acceptors (Lipinski definition) is 4. The van der Waals surface area contributed by atoms with Crippen molar-refractivity contribution in [2.24, 2.45) is 5.92 Å². The number of hydrogen-bond donors (Lipinski definition) is 2. The molecule has 48 heavy (non-hydrogen) atoms. The molecule has 0 aliphatic heterocycles. The van der Waals surface area contributed by atoms with E-state index in [-0.39, 0.29) is 25.5 Å². The van der Waals surface area contributed by atoms with Crippen LogP contribution in [-0.2, 0) is 27.4 Å². The highest BCUT2D eigenvalue weighted by Crippen LogP contribution is 2.30. The molecule has 5 rings (SSSR count). The summed E-state index contributed by atoms with van der Waals surface area (Å²) in [6.45, 7) is 4.55. The van der Waals surface area contributed by atoms with Gasteiger partial charge in [0.05, 0.1) is 6.42 Å². The number of esters is 1. The Morgan fingerprint density at radius 1 is 0.729 bits per heavy atom. The lowest BCUT2D eigenvalue weighted by Gasteiger charge is -2.30. The van der Waals surface area contributed by atoms with Crippen LogP contribution < -0.4 is 5.32 Å². The second-order valence-electron chi connectivity index (χ2n) is 12.5. The topological polar surface area (TPSA) is 95.9 Å². The molecule has 246 valence electrons. The minimum absolute atomic E-state index is 0.00557. The van der Waals surface area contributed by atoms with Gasteiger partial charge in [-0.25, -0.2) is 9.59 Å². The zero-order chi connectivity index (χ0) is 33.9. The average molecular weight is 643 g/mol. The van der Waals surface area contributed by atoms with Gasteiger partial charge in [0.2, 0.25) is 0 Å². The first-order valence-electron chi connectivity index (χ1n) is 16.4. The number of ether oxygens (including phenoxy) is 1. The number of carbonyl (C=O) groups is 3. The van der Waals surface area contributed by atoms with Crippen molar-refractivity contribution in [3.63, 3.8) is 0 Å². The molecule has 0 fully saturated rings. The fraction of sp³-hybridized carbons (Fsp3) is 0.244. The van der Waals surface area contributed by atoms with Gasteiger partial charge in [0.1, 0.15) is 12.6 Å². The van der Waals surface area contributed by atoms with E-state index in [1.165, 1.54) is 4.90 Å². The van der Waals surface area contributed by atoms with Crippen molar-refractivity contribution >= 4 is 28.7 Å². The highest BCUT2D eigenvalue weighted by molar-refractivity contribution is 5.87. The van der Waals surface area contributed by atoms with E-state index in [4.69, 9.17) is 4.74 Å². The van der Waals surface area contributed by atoms with Crippen LogP contribution in [0.4, 0.5) is 4.79 Å². The van der Waals surface area contributed by atoms with Gasteiger partial charge >= 0.3 is 18.0 Å². The minimum Gasteiger partial charge on any atom is -0.480 e. The Morgan fingerprint density at radius 3 is 1.98 bits per heavy atom. The molecular formula is C41H42N2O5. The van der Waals surface area contributed by atoms with Crippen LogP contribution in [0.3, 0.4) is 0 Å². The van der Waals surface area contributed by atoms with E-state index in [0.717, 1.165) is 38.6 Å². The maximum absolute atomic E-state index is 13.7. The number of fused-ring (bicyclic) bond motifs is 1. The smallest absolute Gasteiger partial charge is 0.326 e. The van der Waals surface area contributed by atoms with E-state index in [9.17, 15) is 19.5 Å². The number of nitrogens with zero attached hydrogens (tertiary/aromatic N) is 1. The molecule has 7 heteroatoms. The van der Waals surface area contributed by atoms with Crippen molar-refractivity contribution in [1.29, 1.82) is 0 Å². The third-order valence-electron chi connectivity index (χ3n) is 8.37. The van der Waals surface area contributed by atoms with Crippen molar-refractivity contribution in [3.05, 3.63) is 144 Å². The molecule has 0 aliphatic rings. The Kier molecular flexibility index (Phi) is 11.6.